The normalized spacial score (nSPS) is 12.0. The van der Waals surface area contributed by atoms with E-state index in [9.17, 15) is 4.79 Å². The molecule has 0 saturated heterocycles. The van der Waals surface area contributed by atoms with Crippen molar-refractivity contribution in [1.29, 1.82) is 0 Å². The van der Waals surface area contributed by atoms with Gasteiger partial charge < -0.3 is 11.1 Å². The molecule has 0 unspecified atom stereocenters. The third-order valence-electron chi connectivity index (χ3n) is 3.41. The third kappa shape index (κ3) is 4.72. The molecule has 110 valence electrons. The van der Waals surface area contributed by atoms with Crippen LogP contribution in [0.2, 0.25) is 0 Å². The first-order valence-corrected chi connectivity index (χ1v) is 7.23. The first kappa shape index (κ1) is 15.3. The Hall–Kier alpha value is -2.13. The molecule has 0 spiro atoms. The molecule has 2 aromatic carbocycles. The maximum absolute atomic E-state index is 12.1. The number of nitrogens with one attached hydrogen (secondary N) is 1. The number of amides is 1. The molecular weight excluding hydrogens is 260 g/mol. The van der Waals surface area contributed by atoms with E-state index < -0.39 is 6.04 Å². The summed E-state index contributed by atoms with van der Waals surface area (Å²) in [5.74, 6) is -0.129. The topological polar surface area (TPSA) is 55.1 Å². The minimum absolute atomic E-state index is 0.129. The van der Waals surface area contributed by atoms with Crippen LogP contribution in [0.5, 0.6) is 0 Å². The van der Waals surface area contributed by atoms with Crippen LogP contribution in [0.1, 0.15) is 23.1 Å². The summed E-state index contributed by atoms with van der Waals surface area (Å²) >= 11 is 0. The molecule has 3 nitrogen and oxygen atoms in total. The van der Waals surface area contributed by atoms with Gasteiger partial charge in [0.15, 0.2) is 0 Å². The van der Waals surface area contributed by atoms with E-state index in [0.29, 0.717) is 6.42 Å². The van der Waals surface area contributed by atoms with E-state index in [1.165, 1.54) is 5.56 Å². The van der Waals surface area contributed by atoms with Gasteiger partial charge >= 0.3 is 0 Å². The summed E-state index contributed by atoms with van der Waals surface area (Å²) in [6.45, 7) is 4.02. The van der Waals surface area contributed by atoms with E-state index in [-0.39, 0.29) is 5.91 Å². The minimum Gasteiger partial charge on any atom is -0.325 e. The van der Waals surface area contributed by atoms with E-state index in [0.717, 1.165) is 23.2 Å². The fourth-order valence-electron chi connectivity index (χ4n) is 2.38. The predicted octanol–water partition coefficient (Wildman–Crippen LogP) is 3.20. The molecule has 0 fully saturated rings. The molecule has 21 heavy (non-hydrogen) atoms. The molecule has 2 rings (SSSR count). The van der Waals surface area contributed by atoms with Gasteiger partial charge in [-0.2, -0.15) is 0 Å². The van der Waals surface area contributed by atoms with Crippen molar-refractivity contribution in [1.82, 2.24) is 0 Å². The largest absolute Gasteiger partial charge is 0.325 e. The molecule has 2 aromatic rings. The minimum atomic E-state index is -0.494. The number of hydrogen-bond acceptors (Lipinski definition) is 2. The van der Waals surface area contributed by atoms with E-state index in [1.54, 1.807) is 0 Å². The molecule has 0 saturated carbocycles. The van der Waals surface area contributed by atoms with Crippen molar-refractivity contribution in [3.63, 3.8) is 0 Å². The molecule has 0 bridgehead atoms. The lowest BCUT2D eigenvalue weighted by atomic mass is 10.1. The van der Waals surface area contributed by atoms with Crippen molar-refractivity contribution in [2.45, 2.75) is 32.7 Å². The summed E-state index contributed by atoms with van der Waals surface area (Å²) in [4.78, 5) is 12.1. The Morgan fingerprint density at radius 3 is 2.33 bits per heavy atom. The Balaban J connectivity index is 1.90. The number of carbonyl (C=O) groups is 1. The lowest BCUT2D eigenvalue weighted by Crippen LogP contribution is -2.36. The van der Waals surface area contributed by atoms with Crippen molar-refractivity contribution in [2.75, 3.05) is 5.32 Å². The molecule has 0 radical (unpaired) electrons. The Morgan fingerprint density at radius 1 is 1.10 bits per heavy atom. The summed E-state index contributed by atoms with van der Waals surface area (Å²) < 4.78 is 0. The SMILES string of the molecule is Cc1cc(C)cc(NC(=O)[C@H](N)CCc2ccccc2)c1. The molecule has 0 aromatic heterocycles. The van der Waals surface area contributed by atoms with Gasteiger partial charge in [0.2, 0.25) is 5.91 Å². The molecule has 1 atom stereocenters. The second kappa shape index (κ2) is 7.04. The summed E-state index contributed by atoms with van der Waals surface area (Å²) in [5, 5.41) is 2.90. The molecule has 3 heteroatoms. The molecule has 0 aliphatic rings. The molecule has 0 aliphatic heterocycles. The van der Waals surface area contributed by atoms with Crippen LogP contribution in [0.4, 0.5) is 5.69 Å². The highest BCUT2D eigenvalue weighted by Gasteiger charge is 2.13. The number of benzene rings is 2. The maximum atomic E-state index is 12.1. The van der Waals surface area contributed by atoms with Gasteiger partial charge in [-0.25, -0.2) is 0 Å². The van der Waals surface area contributed by atoms with Crippen LogP contribution >= 0.6 is 0 Å². The average molecular weight is 282 g/mol. The highest BCUT2D eigenvalue weighted by Crippen LogP contribution is 2.14. The standard InChI is InChI=1S/C18H22N2O/c1-13-10-14(2)12-16(11-13)20-18(21)17(19)9-8-15-6-4-3-5-7-15/h3-7,10-12,17H,8-9,19H2,1-2H3,(H,20,21)/t17-/m1/s1. The second-order valence-electron chi connectivity index (χ2n) is 5.50. The van der Waals surface area contributed by atoms with Crippen molar-refractivity contribution >= 4 is 11.6 Å². The molecule has 3 N–H and O–H groups in total. The van der Waals surface area contributed by atoms with Crippen molar-refractivity contribution < 1.29 is 4.79 Å². The zero-order valence-electron chi connectivity index (χ0n) is 12.6. The van der Waals surface area contributed by atoms with Crippen LogP contribution in [0.3, 0.4) is 0 Å². The van der Waals surface area contributed by atoms with Crippen LogP contribution in [0.15, 0.2) is 48.5 Å². The Bertz CT molecular complexity index is 588. The van der Waals surface area contributed by atoms with Gasteiger partial charge in [-0.3, -0.25) is 4.79 Å². The Morgan fingerprint density at radius 2 is 1.71 bits per heavy atom. The highest BCUT2D eigenvalue weighted by molar-refractivity contribution is 5.94. The second-order valence-corrected chi connectivity index (χ2v) is 5.50. The summed E-state index contributed by atoms with van der Waals surface area (Å²) in [5.41, 5.74) is 10.2. The average Bonchev–Trinajstić information content (AvgIpc) is 2.44. The van der Waals surface area contributed by atoms with Gasteiger partial charge in [0, 0.05) is 5.69 Å². The van der Waals surface area contributed by atoms with Crippen LogP contribution in [0, 0.1) is 13.8 Å². The molecule has 1 amide bonds. The van der Waals surface area contributed by atoms with Gasteiger partial charge in [0.05, 0.1) is 6.04 Å². The van der Waals surface area contributed by atoms with Crippen molar-refractivity contribution in [3.05, 3.63) is 65.2 Å². The Kier molecular flexibility index (Phi) is 5.12. The lowest BCUT2D eigenvalue weighted by Gasteiger charge is -2.13. The molecular formula is C18H22N2O. The van der Waals surface area contributed by atoms with E-state index in [4.69, 9.17) is 5.73 Å². The number of aryl methyl sites for hydroxylation is 3. The molecule has 0 aliphatic carbocycles. The number of rotatable bonds is 5. The third-order valence-corrected chi connectivity index (χ3v) is 3.41. The van der Waals surface area contributed by atoms with Gasteiger partial charge in [-0.1, -0.05) is 36.4 Å². The Labute approximate surface area is 126 Å². The van der Waals surface area contributed by atoms with E-state index in [1.807, 2.05) is 44.2 Å². The summed E-state index contributed by atoms with van der Waals surface area (Å²) in [6, 6.07) is 15.6. The number of carbonyl (C=O) groups excluding carboxylic acids is 1. The highest BCUT2D eigenvalue weighted by atomic mass is 16.2. The van der Waals surface area contributed by atoms with Gasteiger partial charge in [-0.05, 0) is 55.5 Å². The lowest BCUT2D eigenvalue weighted by molar-refractivity contribution is -0.117. The number of anilines is 1. The zero-order valence-corrected chi connectivity index (χ0v) is 12.6. The van der Waals surface area contributed by atoms with Gasteiger partial charge in [0.1, 0.15) is 0 Å². The summed E-state index contributed by atoms with van der Waals surface area (Å²) in [7, 11) is 0. The van der Waals surface area contributed by atoms with E-state index >= 15 is 0 Å². The van der Waals surface area contributed by atoms with Crippen molar-refractivity contribution in [2.24, 2.45) is 5.73 Å². The first-order chi connectivity index (χ1) is 10.0. The maximum Gasteiger partial charge on any atom is 0.241 e. The van der Waals surface area contributed by atoms with Crippen LogP contribution in [-0.2, 0) is 11.2 Å². The van der Waals surface area contributed by atoms with Crippen LogP contribution < -0.4 is 11.1 Å². The van der Waals surface area contributed by atoms with Gasteiger partial charge in [0.25, 0.3) is 0 Å². The number of nitrogens with two attached hydrogens (primary N) is 1. The van der Waals surface area contributed by atoms with Crippen LogP contribution in [0.25, 0.3) is 0 Å². The first-order valence-electron chi connectivity index (χ1n) is 7.23. The fourth-order valence-corrected chi connectivity index (χ4v) is 2.38. The predicted molar refractivity (Wildman–Crippen MR) is 87.3 cm³/mol. The smallest absolute Gasteiger partial charge is 0.241 e. The van der Waals surface area contributed by atoms with Crippen LogP contribution in [-0.4, -0.2) is 11.9 Å². The monoisotopic (exact) mass is 282 g/mol. The van der Waals surface area contributed by atoms with E-state index in [2.05, 4.69) is 23.5 Å². The summed E-state index contributed by atoms with van der Waals surface area (Å²) in [6.07, 6.45) is 1.45. The van der Waals surface area contributed by atoms with Gasteiger partial charge in [-0.15, -0.1) is 0 Å². The number of hydrogen-bond donors (Lipinski definition) is 2. The van der Waals surface area contributed by atoms with Crippen molar-refractivity contribution in [3.8, 4) is 0 Å². The quantitative estimate of drug-likeness (QED) is 0.884. The molecule has 0 heterocycles. The fraction of sp³-hybridized carbons (Fsp3) is 0.278. The zero-order chi connectivity index (χ0) is 15.2.